The minimum Gasteiger partial charge on any atom is -0.0622 e. The van der Waals surface area contributed by atoms with Gasteiger partial charge in [0, 0.05) is 0 Å². The lowest BCUT2D eigenvalue weighted by atomic mass is 9.62. The standard InChI is InChI=1S/C35H32/c1-26-23-24-33(28(3)27(26)2)35(31-18-9-5-10-19-31,32-20-11-6-12-21-32)34-22-14-13-17-30(34)25-29-15-7-4-8-16-29/h4-24H,25H2,1-3H3. The van der Waals surface area contributed by atoms with Crippen LogP contribution in [0.25, 0.3) is 0 Å². The summed E-state index contributed by atoms with van der Waals surface area (Å²) in [5.41, 5.74) is 11.6. The molecule has 0 heterocycles. The fourth-order valence-electron chi connectivity index (χ4n) is 5.53. The maximum absolute atomic E-state index is 2.36. The topological polar surface area (TPSA) is 0 Å². The molecule has 5 aromatic rings. The highest BCUT2D eigenvalue weighted by molar-refractivity contribution is 5.64. The van der Waals surface area contributed by atoms with Crippen molar-refractivity contribution in [3.63, 3.8) is 0 Å². The molecule has 0 saturated carbocycles. The second-order valence-corrected chi connectivity index (χ2v) is 9.48. The van der Waals surface area contributed by atoms with Crippen LogP contribution in [0, 0.1) is 20.8 Å². The number of rotatable bonds is 6. The van der Waals surface area contributed by atoms with Gasteiger partial charge < -0.3 is 0 Å². The van der Waals surface area contributed by atoms with Crippen molar-refractivity contribution in [3.05, 3.63) is 177 Å². The number of hydrogen-bond donors (Lipinski definition) is 0. The van der Waals surface area contributed by atoms with E-state index >= 15 is 0 Å². The zero-order valence-electron chi connectivity index (χ0n) is 20.8. The molecule has 0 aliphatic carbocycles. The van der Waals surface area contributed by atoms with Gasteiger partial charge in [-0.2, -0.15) is 0 Å². The third kappa shape index (κ3) is 4.10. The smallest absolute Gasteiger partial charge is 0.0622 e. The molecule has 0 heteroatoms. The predicted octanol–water partition coefficient (Wildman–Crippen LogP) is 8.59. The Morgan fingerprint density at radius 2 is 0.971 bits per heavy atom. The van der Waals surface area contributed by atoms with E-state index in [4.69, 9.17) is 0 Å². The van der Waals surface area contributed by atoms with Crippen molar-refractivity contribution in [2.45, 2.75) is 32.6 Å². The Bertz CT molecular complexity index is 1370. The predicted molar refractivity (Wildman–Crippen MR) is 148 cm³/mol. The van der Waals surface area contributed by atoms with E-state index in [-0.39, 0.29) is 0 Å². The molecule has 0 bridgehead atoms. The molecule has 0 aliphatic rings. The first kappa shape index (κ1) is 22.9. The van der Waals surface area contributed by atoms with Crippen LogP contribution in [-0.2, 0) is 11.8 Å². The molecule has 0 aliphatic heterocycles. The highest BCUT2D eigenvalue weighted by Crippen LogP contribution is 2.48. The lowest BCUT2D eigenvalue weighted by Crippen LogP contribution is -2.33. The molecular formula is C35H32. The third-order valence-corrected chi connectivity index (χ3v) is 7.53. The van der Waals surface area contributed by atoms with Crippen molar-refractivity contribution in [3.8, 4) is 0 Å². The van der Waals surface area contributed by atoms with Crippen LogP contribution in [0.2, 0.25) is 0 Å². The van der Waals surface area contributed by atoms with Gasteiger partial charge in [-0.1, -0.05) is 127 Å². The van der Waals surface area contributed by atoms with Crippen molar-refractivity contribution in [2.75, 3.05) is 0 Å². The maximum Gasteiger partial charge on any atom is 0.0707 e. The second kappa shape index (κ2) is 9.76. The van der Waals surface area contributed by atoms with Crippen molar-refractivity contribution in [2.24, 2.45) is 0 Å². The summed E-state index contributed by atoms with van der Waals surface area (Å²) in [5, 5.41) is 0. The monoisotopic (exact) mass is 452 g/mol. The van der Waals surface area contributed by atoms with Crippen molar-refractivity contribution < 1.29 is 0 Å². The SMILES string of the molecule is Cc1ccc(C(c2ccccc2)(c2ccccc2)c2ccccc2Cc2ccccc2)c(C)c1C. The van der Waals surface area contributed by atoms with Gasteiger partial charge in [-0.05, 0) is 77.3 Å². The lowest BCUT2D eigenvalue weighted by molar-refractivity contribution is 0.726. The summed E-state index contributed by atoms with van der Waals surface area (Å²) in [4.78, 5) is 0. The Morgan fingerprint density at radius 1 is 0.457 bits per heavy atom. The molecule has 172 valence electrons. The van der Waals surface area contributed by atoms with Crippen molar-refractivity contribution >= 4 is 0 Å². The van der Waals surface area contributed by atoms with E-state index in [0.29, 0.717) is 0 Å². The number of hydrogen-bond acceptors (Lipinski definition) is 0. The zero-order valence-corrected chi connectivity index (χ0v) is 20.8. The lowest BCUT2D eigenvalue weighted by Gasteiger charge is -2.40. The van der Waals surface area contributed by atoms with Crippen LogP contribution in [-0.4, -0.2) is 0 Å². The van der Waals surface area contributed by atoms with Gasteiger partial charge in [-0.3, -0.25) is 0 Å². The van der Waals surface area contributed by atoms with E-state index in [1.165, 1.54) is 50.1 Å². The Morgan fingerprint density at radius 3 is 1.57 bits per heavy atom. The minimum absolute atomic E-state index is 0.434. The van der Waals surface area contributed by atoms with Gasteiger partial charge in [0.15, 0.2) is 0 Å². The van der Waals surface area contributed by atoms with E-state index < -0.39 is 5.41 Å². The van der Waals surface area contributed by atoms with Gasteiger partial charge in [-0.15, -0.1) is 0 Å². The minimum atomic E-state index is -0.434. The van der Waals surface area contributed by atoms with Crippen LogP contribution in [0.4, 0.5) is 0 Å². The van der Waals surface area contributed by atoms with E-state index in [1.807, 2.05) is 0 Å². The molecule has 0 nitrogen and oxygen atoms in total. The second-order valence-electron chi connectivity index (χ2n) is 9.48. The normalized spacial score (nSPS) is 11.4. The Balaban J connectivity index is 1.91. The summed E-state index contributed by atoms with van der Waals surface area (Å²) in [6.07, 6.45) is 0.891. The molecule has 35 heavy (non-hydrogen) atoms. The van der Waals surface area contributed by atoms with Crippen LogP contribution in [0.3, 0.4) is 0 Å². The van der Waals surface area contributed by atoms with Gasteiger partial charge in [0.1, 0.15) is 0 Å². The van der Waals surface area contributed by atoms with E-state index in [9.17, 15) is 0 Å². The first-order valence-corrected chi connectivity index (χ1v) is 12.4. The van der Waals surface area contributed by atoms with Gasteiger partial charge >= 0.3 is 0 Å². The molecule has 0 spiro atoms. The van der Waals surface area contributed by atoms with Crippen LogP contribution in [0.15, 0.2) is 127 Å². The van der Waals surface area contributed by atoms with Gasteiger partial charge in [0.25, 0.3) is 0 Å². The Hall–Kier alpha value is -3.90. The summed E-state index contributed by atoms with van der Waals surface area (Å²) in [6.45, 7) is 6.76. The first-order valence-electron chi connectivity index (χ1n) is 12.4. The third-order valence-electron chi connectivity index (χ3n) is 7.53. The van der Waals surface area contributed by atoms with Gasteiger partial charge in [0.2, 0.25) is 0 Å². The molecular weight excluding hydrogens is 420 g/mol. The summed E-state index contributed by atoms with van der Waals surface area (Å²) in [6, 6.07) is 46.5. The molecule has 5 aromatic carbocycles. The molecule has 0 N–H and O–H groups in total. The van der Waals surface area contributed by atoms with E-state index in [0.717, 1.165) is 6.42 Å². The van der Waals surface area contributed by atoms with Crippen molar-refractivity contribution in [1.82, 2.24) is 0 Å². The highest BCUT2D eigenvalue weighted by Gasteiger charge is 2.41. The fourth-order valence-corrected chi connectivity index (χ4v) is 5.53. The van der Waals surface area contributed by atoms with Crippen LogP contribution < -0.4 is 0 Å². The van der Waals surface area contributed by atoms with Crippen molar-refractivity contribution in [1.29, 1.82) is 0 Å². The molecule has 0 atom stereocenters. The first-order chi connectivity index (χ1) is 17.1. The summed E-state index contributed by atoms with van der Waals surface area (Å²) in [5.74, 6) is 0. The number of benzene rings is 5. The van der Waals surface area contributed by atoms with Crippen LogP contribution >= 0.6 is 0 Å². The largest absolute Gasteiger partial charge is 0.0707 e. The molecule has 5 rings (SSSR count). The van der Waals surface area contributed by atoms with Gasteiger partial charge in [0.05, 0.1) is 5.41 Å². The van der Waals surface area contributed by atoms with Crippen LogP contribution in [0.1, 0.15) is 50.1 Å². The summed E-state index contributed by atoms with van der Waals surface area (Å²) in [7, 11) is 0. The average molecular weight is 453 g/mol. The Kier molecular flexibility index (Phi) is 6.38. The number of aryl methyl sites for hydroxylation is 1. The summed E-state index contributed by atoms with van der Waals surface area (Å²) >= 11 is 0. The molecule has 0 amide bonds. The average Bonchev–Trinajstić information content (AvgIpc) is 2.91. The molecule has 0 aromatic heterocycles. The fraction of sp³-hybridized carbons (Fsp3) is 0.143. The quantitative estimate of drug-likeness (QED) is 0.226. The molecule has 0 fully saturated rings. The van der Waals surface area contributed by atoms with E-state index in [2.05, 4.69) is 148 Å². The molecule has 0 unspecified atom stereocenters. The molecule has 0 saturated heterocycles. The van der Waals surface area contributed by atoms with Gasteiger partial charge in [-0.25, -0.2) is 0 Å². The molecule has 0 radical (unpaired) electrons. The summed E-state index contributed by atoms with van der Waals surface area (Å²) < 4.78 is 0. The zero-order chi connectivity index (χ0) is 24.3. The maximum atomic E-state index is 2.36. The highest BCUT2D eigenvalue weighted by atomic mass is 14.4. The van der Waals surface area contributed by atoms with Crippen LogP contribution in [0.5, 0.6) is 0 Å². The Labute approximate surface area is 209 Å². The van der Waals surface area contributed by atoms with E-state index in [1.54, 1.807) is 0 Å².